The molecule has 1 N–H and O–H groups in total. The van der Waals surface area contributed by atoms with Gasteiger partial charge in [-0.2, -0.15) is 18.3 Å². The molecule has 172 valence electrons. The van der Waals surface area contributed by atoms with Gasteiger partial charge < -0.3 is 10.1 Å². The van der Waals surface area contributed by atoms with Gasteiger partial charge in [0, 0.05) is 18.2 Å². The Morgan fingerprint density at radius 3 is 2.36 bits per heavy atom. The molecule has 0 saturated carbocycles. The molecule has 0 saturated heterocycles. The third kappa shape index (κ3) is 5.46. The maximum Gasteiger partial charge on any atom is 0.418 e. The topological polar surface area (TPSA) is 90.3 Å². The van der Waals surface area contributed by atoms with Gasteiger partial charge in [-0.15, -0.1) is 0 Å². The van der Waals surface area contributed by atoms with E-state index in [-0.39, 0.29) is 17.8 Å². The van der Waals surface area contributed by atoms with Crippen LogP contribution in [-0.2, 0) is 22.1 Å². The van der Waals surface area contributed by atoms with Gasteiger partial charge in [-0.25, -0.2) is 9.48 Å². The van der Waals surface area contributed by atoms with E-state index in [9.17, 15) is 27.6 Å². The average Bonchev–Trinajstić information content (AvgIpc) is 2.78. The number of amides is 1. The van der Waals surface area contributed by atoms with Gasteiger partial charge in [-0.05, 0) is 24.6 Å². The number of alkyl halides is 3. The van der Waals surface area contributed by atoms with Crippen LogP contribution < -0.4 is 10.7 Å². The summed E-state index contributed by atoms with van der Waals surface area (Å²) in [4.78, 5) is 37.5. The Morgan fingerprint density at radius 1 is 1.09 bits per heavy atom. The summed E-state index contributed by atoms with van der Waals surface area (Å²) in [6.07, 6.45) is -4.60. The van der Waals surface area contributed by atoms with Gasteiger partial charge in [0.15, 0.2) is 5.69 Å². The average molecular weight is 459 g/mol. The van der Waals surface area contributed by atoms with Gasteiger partial charge in [0.05, 0.1) is 18.4 Å². The lowest BCUT2D eigenvalue weighted by molar-refractivity contribution is -0.143. The predicted molar refractivity (Wildman–Crippen MR) is 113 cm³/mol. The quantitative estimate of drug-likeness (QED) is 0.573. The lowest BCUT2D eigenvalue weighted by Crippen LogP contribution is -2.45. The molecule has 2 aromatic carbocycles. The Morgan fingerprint density at radius 2 is 1.73 bits per heavy atom. The maximum absolute atomic E-state index is 13.5. The third-order valence-electron chi connectivity index (χ3n) is 4.83. The number of aryl methyl sites for hydroxylation is 1. The number of carbonyl (C=O) groups excluding carboxylic acids is 2. The van der Waals surface area contributed by atoms with Crippen molar-refractivity contribution in [2.45, 2.75) is 25.6 Å². The predicted octanol–water partition coefficient (Wildman–Crippen LogP) is 3.07. The molecule has 0 aliphatic rings. The summed E-state index contributed by atoms with van der Waals surface area (Å²) in [6.45, 7) is 1.40. The fraction of sp³-hybridized carbons (Fsp3) is 0.217. The van der Waals surface area contributed by atoms with Crippen molar-refractivity contribution in [2.75, 3.05) is 7.11 Å². The molecule has 33 heavy (non-hydrogen) atoms. The van der Waals surface area contributed by atoms with E-state index < -0.39 is 40.8 Å². The van der Waals surface area contributed by atoms with Crippen LogP contribution >= 0.6 is 0 Å². The zero-order valence-corrected chi connectivity index (χ0v) is 17.7. The minimum atomic E-state index is -4.68. The Bertz CT molecular complexity index is 1220. The first-order valence-electron chi connectivity index (χ1n) is 9.82. The summed E-state index contributed by atoms with van der Waals surface area (Å²) >= 11 is 0. The van der Waals surface area contributed by atoms with Crippen molar-refractivity contribution >= 4 is 11.9 Å². The van der Waals surface area contributed by atoms with Crippen molar-refractivity contribution in [3.8, 4) is 5.69 Å². The number of halogens is 3. The zero-order chi connectivity index (χ0) is 24.2. The van der Waals surface area contributed by atoms with Crippen LogP contribution in [0.2, 0.25) is 0 Å². The lowest BCUT2D eigenvalue weighted by Gasteiger charge is -2.18. The molecule has 7 nitrogen and oxygen atoms in total. The molecular formula is C23H20F3N3O4. The lowest BCUT2D eigenvalue weighted by atomic mass is 10.1. The van der Waals surface area contributed by atoms with Crippen molar-refractivity contribution in [3.05, 3.63) is 93.4 Å². The number of nitrogens with zero attached hydrogens (tertiary/aromatic N) is 2. The van der Waals surface area contributed by atoms with Crippen LogP contribution in [0.4, 0.5) is 13.2 Å². The summed E-state index contributed by atoms with van der Waals surface area (Å²) in [6, 6.07) is 13.3. The number of carbonyl (C=O) groups is 2. The van der Waals surface area contributed by atoms with Crippen LogP contribution in [-0.4, -0.2) is 34.8 Å². The molecule has 0 aliphatic heterocycles. The number of esters is 1. The number of benzene rings is 2. The van der Waals surface area contributed by atoms with E-state index in [1.165, 1.54) is 25.1 Å². The molecule has 0 bridgehead atoms. The molecule has 1 heterocycles. The zero-order valence-electron chi connectivity index (χ0n) is 17.7. The van der Waals surface area contributed by atoms with Crippen LogP contribution in [0.1, 0.15) is 27.3 Å². The first-order valence-corrected chi connectivity index (χ1v) is 9.82. The van der Waals surface area contributed by atoms with E-state index in [1.807, 2.05) is 0 Å². The highest BCUT2D eigenvalue weighted by atomic mass is 19.4. The van der Waals surface area contributed by atoms with Gasteiger partial charge in [0.2, 0.25) is 5.43 Å². The number of nitrogens with one attached hydrogen (secondary N) is 1. The molecule has 0 radical (unpaired) electrons. The molecule has 1 amide bonds. The maximum atomic E-state index is 13.5. The van der Waals surface area contributed by atoms with E-state index >= 15 is 0 Å². The van der Waals surface area contributed by atoms with Crippen molar-refractivity contribution in [3.63, 3.8) is 0 Å². The summed E-state index contributed by atoms with van der Waals surface area (Å²) in [5.41, 5.74) is -1.95. The van der Waals surface area contributed by atoms with Gasteiger partial charge in [0.25, 0.3) is 5.91 Å². The highest BCUT2D eigenvalue weighted by Gasteiger charge is 2.34. The van der Waals surface area contributed by atoms with Gasteiger partial charge >= 0.3 is 12.1 Å². The molecule has 3 rings (SSSR count). The second-order valence-corrected chi connectivity index (χ2v) is 7.16. The molecule has 0 spiro atoms. The number of aromatic nitrogens is 2. The second kappa shape index (κ2) is 9.68. The fourth-order valence-electron chi connectivity index (χ4n) is 3.26. The minimum absolute atomic E-state index is 0.0796. The molecule has 1 atom stereocenters. The third-order valence-corrected chi connectivity index (χ3v) is 4.83. The van der Waals surface area contributed by atoms with Gasteiger partial charge in [-0.1, -0.05) is 42.5 Å². The van der Waals surface area contributed by atoms with Crippen LogP contribution in [0.3, 0.4) is 0 Å². The largest absolute Gasteiger partial charge is 0.467 e. The number of hydrogen-bond donors (Lipinski definition) is 1. The smallest absolute Gasteiger partial charge is 0.418 e. The highest BCUT2D eigenvalue weighted by Crippen LogP contribution is 2.33. The van der Waals surface area contributed by atoms with E-state index in [0.717, 1.165) is 29.5 Å². The molecule has 0 aliphatic carbocycles. The van der Waals surface area contributed by atoms with Gasteiger partial charge in [0.1, 0.15) is 6.04 Å². The summed E-state index contributed by atoms with van der Waals surface area (Å²) in [5, 5.41) is 6.31. The molecule has 0 fully saturated rings. The van der Waals surface area contributed by atoms with Crippen molar-refractivity contribution < 1.29 is 27.5 Å². The van der Waals surface area contributed by atoms with Crippen molar-refractivity contribution in [1.29, 1.82) is 0 Å². The Balaban J connectivity index is 1.99. The number of para-hydroxylation sites is 1. The standard InChI is InChI=1S/C23H20F3N3O4/c1-14-12-19(30)20(28-29(14)18-11-7-6-10-16(18)23(24,25)26)21(31)27-17(22(32)33-2)13-15-8-4-3-5-9-15/h3-12,17H,13H2,1-2H3,(H,27,31)/t17-/m1/s1. The van der Waals surface area contributed by atoms with Crippen molar-refractivity contribution in [1.82, 2.24) is 15.1 Å². The van der Waals surface area contributed by atoms with Crippen LogP contribution in [0.15, 0.2) is 65.5 Å². The molecular weight excluding hydrogens is 439 g/mol. The number of rotatable bonds is 6. The SMILES string of the molecule is COC(=O)[C@@H](Cc1ccccc1)NC(=O)c1nn(-c2ccccc2C(F)(F)F)c(C)cc1=O. The number of methoxy groups -OCH3 is 1. The van der Waals surface area contributed by atoms with Crippen LogP contribution in [0, 0.1) is 6.92 Å². The minimum Gasteiger partial charge on any atom is -0.467 e. The fourth-order valence-corrected chi connectivity index (χ4v) is 3.26. The first kappa shape index (κ1) is 23.7. The van der Waals surface area contributed by atoms with E-state index in [0.29, 0.717) is 0 Å². The second-order valence-electron chi connectivity index (χ2n) is 7.16. The van der Waals surface area contributed by atoms with E-state index in [1.54, 1.807) is 30.3 Å². The molecule has 0 unspecified atom stereocenters. The molecule has 3 aromatic rings. The normalized spacial score (nSPS) is 12.2. The monoisotopic (exact) mass is 459 g/mol. The van der Waals surface area contributed by atoms with E-state index in [2.05, 4.69) is 10.4 Å². The molecule has 1 aromatic heterocycles. The number of hydrogen-bond acceptors (Lipinski definition) is 5. The Labute approximate surface area is 186 Å². The summed E-state index contributed by atoms with van der Waals surface area (Å²) in [7, 11) is 1.15. The number of ether oxygens (including phenoxy) is 1. The van der Waals surface area contributed by atoms with Gasteiger partial charge in [-0.3, -0.25) is 9.59 Å². The summed E-state index contributed by atoms with van der Waals surface area (Å²) in [5.74, 6) is -1.76. The van der Waals surface area contributed by atoms with Crippen LogP contribution in [0.25, 0.3) is 5.69 Å². The first-order chi connectivity index (χ1) is 15.6. The summed E-state index contributed by atoms with van der Waals surface area (Å²) < 4.78 is 46.0. The van der Waals surface area contributed by atoms with E-state index in [4.69, 9.17) is 4.74 Å². The molecule has 10 heteroatoms. The van der Waals surface area contributed by atoms with Crippen LogP contribution in [0.5, 0.6) is 0 Å². The van der Waals surface area contributed by atoms with Crippen molar-refractivity contribution in [2.24, 2.45) is 0 Å². The Kier molecular flexibility index (Phi) is 6.95. The highest BCUT2D eigenvalue weighted by molar-refractivity contribution is 5.95. The Hall–Kier alpha value is -3.95.